The highest BCUT2D eigenvalue weighted by molar-refractivity contribution is 5.95. The SMILES string of the molecule is COc1ccc(C(=O)N[C@H]2CCCNC2)cc1OC. The molecule has 1 amide bonds. The molecule has 1 aliphatic rings. The van der Waals surface area contributed by atoms with Crippen molar-refractivity contribution >= 4 is 5.91 Å². The summed E-state index contributed by atoms with van der Waals surface area (Å²) in [6.45, 7) is 1.86. The van der Waals surface area contributed by atoms with Crippen LogP contribution in [0.25, 0.3) is 0 Å². The van der Waals surface area contributed by atoms with Gasteiger partial charge in [0.25, 0.3) is 5.91 Å². The number of hydrogen-bond acceptors (Lipinski definition) is 4. The summed E-state index contributed by atoms with van der Waals surface area (Å²) in [6, 6.07) is 5.39. The molecular formula is C14H20N2O3. The number of piperidine rings is 1. The van der Waals surface area contributed by atoms with E-state index in [9.17, 15) is 4.79 Å². The molecule has 19 heavy (non-hydrogen) atoms. The molecule has 5 nitrogen and oxygen atoms in total. The predicted octanol–water partition coefficient (Wildman–Crippen LogP) is 1.19. The lowest BCUT2D eigenvalue weighted by Crippen LogP contribution is -2.45. The fourth-order valence-electron chi connectivity index (χ4n) is 2.22. The van der Waals surface area contributed by atoms with E-state index in [1.165, 1.54) is 0 Å². The van der Waals surface area contributed by atoms with Crippen LogP contribution in [0.1, 0.15) is 23.2 Å². The minimum absolute atomic E-state index is 0.0744. The van der Waals surface area contributed by atoms with Gasteiger partial charge >= 0.3 is 0 Å². The Kier molecular flexibility index (Phi) is 4.63. The summed E-state index contributed by atoms with van der Waals surface area (Å²) in [5, 5.41) is 6.30. The molecule has 104 valence electrons. The Balaban J connectivity index is 2.05. The van der Waals surface area contributed by atoms with Crippen molar-refractivity contribution < 1.29 is 14.3 Å². The molecule has 0 unspecified atom stereocenters. The van der Waals surface area contributed by atoms with E-state index in [0.29, 0.717) is 17.1 Å². The van der Waals surface area contributed by atoms with Crippen LogP contribution >= 0.6 is 0 Å². The van der Waals surface area contributed by atoms with Crippen molar-refractivity contribution in [3.8, 4) is 11.5 Å². The third-order valence-corrected chi connectivity index (χ3v) is 3.28. The normalized spacial score (nSPS) is 18.7. The molecule has 1 atom stereocenters. The van der Waals surface area contributed by atoms with Crippen LogP contribution in [0.2, 0.25) is 0 Å². The predicted molar refractivity (Wildman–Crippen MR) is 72.9 cm³/mol. The topological polar surface area (TPSA) is 59.6 Å². The average Bonchev–Trinajstić information content (AvgIpc) is 2.47. The van der Waals surface area contributed by atoms with Gasteiger partial charge in [-0.2, -0.15) is 0 Å². The monoisotopic (exact) mass is 264 g/mol. The van der Waals surface area contributed by atoms with Crippen LogP contribution in [0, 0.1) is 0 Å². The third-order valence-electron chi connectivity index (χ3n) is 3.28. The van der Waals surface area contributed by atoms with Crippen LogP contribution in [0.15, 0.2) is 18.2 Å². The second-order valence-corrected chi connectivity index (χ2v) is 4.59. The highest BCUT2D eigenvalue weighted by Crippen LogP contribution is 2.27. The number of carbonyl (C=O) groups excluding carboxylic acids is 1. The summed E-state index contributed by atoms with van der Waals surface area (Å²) in [6.07, 6.45) is 2.11. The van der Waals surface area contributed by atoms with Crippen molar-refractivity contribution in [2.75, 3.05) is 27.3 Å². The minimum Gasteiger partial charge on any atom is -0.493 e. The third kappa shape index (κ3) is 3.38. The van der Waals surface area contributed by atoms with Crippen molar-refractivity contribution in [3.63, 3.8) is 0 Å². The zero-order valence-electron chi connectivity index (χ0n) is 11.4. The Labute approximate surface area is 113 Å². The number of benzene rings is 1. The fourth-order valence-corrected chi connectivity index (χ4v) is 2.22. The number of amides is 1. The molecule has 0 radical (unpaired) electrons. The zero-order valence-corrected chi connectivity index (χ0v) is 11.4. The summed E-state index contributed by atoms with van der Waals surface area (Å²) >= 11 is 0. The van der Waals surface area contributed by atoms with Crippen molar-refractivity contribution in [1.29, 1.82) is 0 Å². The summed E-state index contributed by atoms with van der Waals surface area (Å²) < 4.78 is 10.4. The molecule has 1 heterocycles. The van der Waals surface area contributed by atoms with Gasteiger partial charge in [-0.3, -0.25) is 4.79 Å². The number of rotatable bonds is 4. The van der Waals surface area contributed by atoms with Crippen LogP contribution in [-0.4, -0.2) is 39.3 Å². The maximum Gasteiger partial charge on any atom is 0.251 e. The Bertz CT molecular complexity index is 442. The number of nitrogens with one attached hydrogen (secondary N) is 2. The number of carbonyl (C=O) groups is 1. The van der Waals surface area contributed by atoms with Gasteiger partial charge in [-0.1, -0.05) is 0 Å². The molecule has 2 N–H and O–H groups in total. The number of methoxy groups -OCH3 is 2. The summed E-state index contributed by atoms with van der Waals surface area (Å²) in [5.41, 5.74) is 0.586. The van der Waals surface area contributed by atoms with E-state index in [0.717, 1.165) is 25.9 Å². The Morgan fingerprint density at radius 3 is 2.74 bits per heavy atom. The van der Waals surface area contributed by atoms with Gasteiger partial charge < -0.3 is 20.1 Å². The molecule has 0 aliphatic carbocycles. The maximum atomic E-state index is 12.1. The van der Waals surface area contributed by atoms with Gasteiger partial charge in [0, 0.05) is 18.2 Å². The zero-order chi connectivity index (χ0) is 13.7. The first-order valence-corrected chi connectivity index (χ1v) is 6.48. The Morgan fingerprint density at radius 1 is 1.32 bits per heavy atom. The van der Waals surface area contributed by atoms with Crippen LogP contribution in [0.5, 0.6) is 11.5 Å². The Morgan fingerprint density at radius 2 is 2.11 bits per heavy atom. The second kappa shape index (κ2) is 6.43. The van der Waals surface area contributed by atoms with E-state index in [1.54, 1.807) is 32.4 Å². The average molecular weight is 264 g/mol. The van der Waals surface area contributed by atoms with Gasteiger partial charge in [0.2, 0.25) is 0 Å². The van der Waals surface area contributed by atoms with Gasteiger partial charge in [0.05, 0.1) is 14.2 Å². The first-order valence-electron chi connectivity index (χ1n) is 6.48. The molecule has 0 aromatic heterocycles. The van der Waals surface area contributed by atoms with E-state index in [1.807, 2.05) is 0 Å². The number of hydrogen-bond donors (Lipinski definition) is 2. The summed E-state index contributed by atoms with van der Waals surface area (Å²) in [7, 11) is 3.13. The maximum absolute atomic E-state index is 12.1. The van der Waals surface area contributed by atoms with Crippen LogP contribution in [0.4, 0.5) is 0 Å². The van der Waals surface area contributed by atoms with Gasteiger partial charge in [-0.25, -0.2) is 0 Å². The molecule has 5 heteroatoms. The molecule has 0 saturated carbocycles. The van der Waals surface area contributed by atoms with Crippen molar-refractivity contribution in [2.45, 2.75) is 18.9 Å². The van der Waals surface area contributed by atoms with E-state index in [2.05, 4.69) is 10.6 Å². The number of ether oxygens (including phenoxy) is 2. The van der Waals surface area contributed by atoms with Gasteiger partial charge in [0.15, 0.2) is 11.5 Å². The first kappa shape index (κ1) is 13.7. The van der Waals surface area contributed by atoms with Crippen molar-refractivity contribution in [3.05, 3.63) is 23.8 Å². The molecule has 2 rings (SSSR count). The fraction of sp³-hybridized carbons (Fsp3) is 0.500. The lowest BCUT2D eigenvalue weighted by atomic mass is 10.1. The molecule has 1 saturated heterocycles. The summed E-state index contributed by atoms with van der Waals surface area (Å²) in [5.74, 6) is 1.12. The Hall–Kier alpha value is -1.75. The molecule has 1 aromatic carbocycles. The quantitative estimate of drug-likeness (QED) is 0.857. The van der Waals surface area contributed by atoms with Crippen molar-refractivity contribution in [2.24, 2.45) is 0 Å². The minimum atomic E-state index is -0.0744. The smallest absolute Gasteiger partial charge is 0.251 e. The molecule has 1 aliphatic heterocycles. The lowest BCUT2D eigenvalue weighted by Gasteiger charge is -2.23. The summed E-state index contributed by atoms with van der Waals surface area (Å²) in [4.78, 5) is 12.1. The van der Waals surface area contributed by atoms with Crippen LogP contribution < -0.4 is 20.1 Å². The first-order chi connectivity index (χ1) is 9.24. The van der Waals surface area contributed by atoms with E-state index >= 15 is 0 Å². The van der Waals surface area contributed by atoms with E-state index < -0.39 is 0 Å². The largest absolute Gasteiger partial charge is 0.493 e. The van der Waals surface area contributed by atoms with E-state index in [4.69, 9.17) is 9.47 Å². The highest BCUT2D eigenvalue weighted by atomic mass is 16.5. The van der Waals surface area contributed by atoms with Crippen LogP contribution in [0.3, 0.4) is 0 Å². The van der Waals surface area contributed by atoms with E-state index in [-0.39, 0.29) is 11.9 Å². The molecule has 1 fully saturated rings. The molecular weight excluding hydrogens is 244 g/mol. The highest BCUT2D eigenvalue weighted by Gasteiger charge is 2.17. The molecule has 0 spiro atoms. The standard InChI is InChI=1S/C14H20N2O3/c1-18-12-6-5-10(8-13(12)19-2)14(17)16-11-4-3-7-15-9-11/h5-6,8,11,15H,3-4,7,9H2,1-2H3,(H,16,17)/t11-/m0/s1. The van der Waals surface area contributed by atoms with Crippen LogP contribution in [-0.2, 0) is 0 Å². The van der Waals surface area contributed by atoms with Gasteiger partial charge in [-0.05, 0) is 37.6 Å². The molecule has 1 aromatic rings. The molecule has 0 bridgehead atoms. The van der Waals surface area contributed by atoms with Crippen molar-refractivity contribution in [1.82, 2.24) is 10.6 Å². The van der Waals surface area contributed by atoms with Gasteiger partial charge in [-0.15, -0.1) is 0 Å². The lowest BCUT2D eigenvalue weighted by molar-refractivity contribution is 0.0930. The second-order valence-electron chi connectivity index (χ2n) is 4.59. The van der Waals surface area contributed by atoms with Gasteiger partial charge in [0.1, 0.15) is 0 Å².